The van der Waals surface area contributed by atoms with E-state index in [9.17, 15) is 0 Å². The molecule has 9 rings (SSSR count). The Hall–Kier alpha value is -4.34. The molecule has 11 nitrogen and oxygen atoms in total. The fourth-order valence-electron chi connectivity index (χ4n) is 10.1. The van der Waals surface area contributed by atoms with Gasteiger partial charge in [0.2, 0.25) is 0 Å². The molecular weight excluding hydrogens is 873 g/mol. The molecule has 4 heterocycles. The van der Waals surface area contributed by atoms with Gasteiger partial charge in [0.05, 0.1) is 64.6 Å². The highest BCUT2D eigenvalue weighted by Gasteiger charge is 2.53. The van der Waals surface area contributed by atoms with Crippen LogP contribution in [0.4, 0.5) is 0 Å². The molecule has 4 fully saturated rings. The summed E-state index contributed by atoms with van der Waals surface area (Å²) in [5, 5.41) is 0. The maximum absolute atomic E-state index is 7.25. The molecule has 0 N–H and O–H groups in total. The summed E-state index contributed by atoms with van der Waals surface area (Å²) in [4.78, 5) is 0. The van der Waals surface area contributed by atoms with Crippen LogP contribution in [-0.2, 0) is 78.5 Å². The summed E-state index contributed by atoms with van der Waals surface area (Å²) in [5.74, 6) is -0.226. The number of ether oxygens (including phenoxy) is 11. The van der Waals surface area contributed by atoms with Gasteiger partial charge in [0.15, 0.2) is 25.2 Å². The summed E-state index contributed by atoms with van der Waals surface area (Å²) >= 11 is 0. The van der Waals surface area contributed by atoms with Crippen LogP contribution in [-0.4, -0.2) is 81.4 Å². The Morgan fingerprint density at radius 2 is 0.841 bits per heavy atom. The van der Waals surface area contributed by atoms with E-state index in [1.165, 1.54) is 0 Å². The number of hydrogen-bond acceptors (Lipinski definition) is 11. The summed E-state index contributed by atoms with van der Waals surface area (Å²) < 4.78 is 74.5. The van der Waals surface area contributed by atoms with E-state index in [1.54, 1.807) is 0 Å². The van der Waals surface area contributed by atoms with Gasteiger partial charge in [0.25, 0.3) is 0 Å². The summed E-state index contributed by atoms with van der Waals surface area (Å²) in [6.07, 6.45) is -5.23. The maximum Gasteiger partial charge on any atom is 0.185 e. The lowest BCUT2D eigenvalue weighted by Crippen LogP contribution is -2.62. The summed E-state index contributed by atoms with van der Waals surface area (Å²) in [6.45, 7) is 13.6. The number of benzene rings is 5. The Balaban J connectivity index is 0.945. The molecule has 11 heteroatoms. The smallest absolute Gasteiger partial charge is 0.185 e. The Kier molecular flexibility index (Phi) is 17.4. The first-order valence-electron chi connectivity index (χ1n) is 24.9. The first-order valence-corrected chi connectivity index (χ1v) is 24.9. The van der Waals surface area contributed by atoms with E-state index in [-0.39, 0.29) is 54.5 Å². The second-order valence-corrected chi connectivity index (χ2v) is 19.4. The summed E-state index contributed by atoms with van der Waals surface area (Å²) in [5.41, 5.74) is 5.27. The molecule has 0 saturated carbocycles. The van der Waals surface area contributed by atoms with Crippen molar-refractivity contribution in [2.45, 2.75) is 129 Å². The second kappa shape index (κ2) is 24.2. The quantitative estimate of drug-likeness (QED) is 0.0791. The Bertz CT molecular complexity index is 2240. The topological polar surface area (TPSA) is 102 Å². The van der Waals surface area contributed by atoms with Crippen molar-refractivity contribution in [3.05, 3.63) is 179 Å². The fraction of sp³-hybridized carbons (Fsp3) is 0.483. The van der Waals surface area contributed by atoms with Crippen LogP contribution in [0, 0.1) is 29.6 Å². The van der Waals surface area contributed by atoms with Crippen molar-refractivity contribution in [3.8, 4) is 0 Å². The molecule has 368 valence electrons. The third-order valence-electron chi connectivity index (χ3n) is 14.6. The van der Waals surface area contributed by atoms with Gasteiger partial charge in [-0.25, -0.2) is 0 Å². The first kappa shape index (κ1) is 49.6. The average molecular weight is 943 g/mol. The van der Waals surface area contributed by atoms with Crippen LogP contribution < -0.4 is 0 Å². The highest BCUT2D eigenvalue weighted by molar-refractivity contribution is 5.18. The molecule has 0 aliphatic carbocycles. The van der Waals surface area contributed by atoms with Gasteiger partial charge in [-0.05, 0) is 34.1 Å². The normalized spacial score (nSPS) is 33.6. The van der Waals surface area contributed by atoms with Gasteiger partial charge >= 0.3 is 0 Å². The predicted molar refractivity (Wildman–Crippen MR) is 260 cm³/mol. The monoisotopic (exact) mass is 942 g/mol. The molecule has 5 aromatic carbocycles. The summed E-state index contributed by atoms with van der Waals surface area (Å²) in [6, 6.07) is 50.8. The van der Waals surface area contributed by atoms with E-state index in [0.717, 1.165) is 27.8 Å². The first-order chi connectivity index (χ1) is 33.8. The van der Waals surface area contributed by atoms with Crippen LogP contribution in [0.3, 0.4) is 0 Å². The Morgan fingerprint density at radius 1 is 0.406 bits per heavy atom. The van der Waals surface area contributed by atoms with Crippen molar-refractivity contribution in [1.82, 2.24) is 0 Å². The van der Waals surface area contributed by atoms with Crippen LogP contribution in [0.2, 0.25) is 0 Å². The molecule has 4 aliphatic rings. The van der Waals surface area contributed by atoms with Crippen LogP contribution in [0.1, 0.15) is 68.7 Å². The zero-order valence-electron chi connectivity index (χ0n) is 40.6. The largest absolute Gasteiger partial charge is 0.374 e. The standard InChI is InChI=1S/C58H70O11/c1-38-40(3)55(62-34-46-27-17-9-18-28-46)64-48(35-59-31-43-21-11-6-12-22-43)51(38)67-56-41(4)39(2)52(49(65-56)36-60-32-44-23-13-7-14-24-44)69-58-54(61-33-45-25-15-8-16-26-45)42(5)53-50(66-58)37-63-57(68-53)47-29-19-10-20-30-47/h6-30,38-42,48-58H,31-37H2,1-5H3/t38-,39-,40?,41?,42+,48?,49?,50?,51+,52+,53+,54?,55-,56+,57?,58+/m1/s1. The van der Waals surface area contributed by atoms with Gasteiger partial charge in [-0.15, -0.1) is 0 Å². The molecule has 16 atom stereocenters. The van der Waals surface area contributed by atoms with E-state index in [2.05, 4.69) is 83.1 Å². The second-order valence-electron chi connectivity index (χ2n) is 19.4. The van der Waals surface area contributed by atoms with Gasteiger partial charge < -0.3 is 52.1 Å². The molecule has 0 radical (unpaired) electrons. The average Bonchev–Trinajstić information content (AvgIpc) is 3.39. The summed E-state index contributed by atoms with van der Waals surface area (Å²) in [7, 11) is 0. The molecule has 0 spiro atoms. The van der Waals surface area contributed by atoms with Crippen molar-refractivity contribution < 1.29 is 52.1 Å². The molecule has 0 amide bonds. The molecule has 0 aromatic heterocycles. The number of rotatable bonds is 19. The molecular formula is C58H70O11. The van der Waals surface area contributed by atoms with E-state index in [4.69, 9.17) is 52.1 Å². The van der Waals surface area contributed by atoms with E-state index in [0.29, 0.717) is 39.6 Å². The van der Waals surface area contributed by atoms with Gasteiger partial charge in [-0.1, -0.05) is 186 Å². The van der Waals surface area contributed by atoms with Gasteiger partial charge in [0, 0.05) is 23.3 Å². The van der Waals surface area contributed by atoms with Crippen molar-refractivity contribution in [3.63, 3.8) is 0 Å². The van der Waals surface area contributed by atoms with E-state index in [1.807, 2.05) is 103 Å². The zero-order valence-corrected chi connectivity index (χ0v) is 40.6. The zero-order chi connectivity index (χ0) is 47.5. The molecule has 7 unspecified atom stereocenters. The van der Waals surface area contributed by atoms with Gasteiger partial charge in [-0.2, -0.15) is 0 Å². The minimum absolute atomic E-state index is 0.0132. The maximum atomic E-state index is 7.25. The molecule has 4 saturated heterocycles. The van der Waals surface area contributed by atoms with E-state index < -0.39 is 49.6 Å². The minimum Gasteiger partial charge on any atom is -0.374 e. The van der Waals surface area contributed by atoms with Gasteiger partial charge in [0.1, 0.15) is 24.4 Å². The molecule has 4 aliphatic heterocycles. The van der Waals surface area contributed by atoms with Crippen molar-refractivity contribution >= 4 is 0 Å². The van der Waals surface area contributed by atoms with Crippen LogP contribution in [0.25, 0.3) is 0 Å². The van der Waals surface area contributed by atoms with Crippen LogP contribution in [0.15, 0.2) is 152 Å². The third kappa shape index (κ3) is 12.6. The van der Waals surface area contributed by atoms with Crippen molar-refractivity contribution in [2.75, 3.05) is 19.8 Å². The lowest BCUT2D eigenvalue weighted by Gasteiger charge is -2.52. The lowest BCUT2D eigenvalue weighted by molar-refractivity contribution is -0.383. The Labute approximate surface area is 408 Å². The Morgan fingerprint density at radius 3 is 1.36 bits per heavy atom. The molecule has 69 heavy (non-hydrogen) atoms. The molecule has 0 bridgehead atoms. The van der Waals surface area contributed by atoms with Crippen molar-refractivity contribution in [2.24, 2.45) is 29.6 Å². The minimum atomic E-state index is -0.755. The lowest BCUT2D eigenvalue weighted by atomic mass is 9.82. The van der Waals surface area contributed by atoms with Crippen LogP contribution >= 0.6 is 0 Å². The van der Waals surface area contributed by atoms with Crippen molar-refractivity contribution in [1.29, 1.82) is 0 Å². The highest BCUT2D eigenvalue weighted by atomic mass is 16.8. The molecule has 5 aromatic rings. The predicted octanol–water partition coefficient (Wildman–Crippen LogP) is 10.5. The third-order valence-corrected chi connectivity index (χ3v) is 14.6. The van der Waals surface area contributed by atoms with E-state index >= 15 is 0 Å². The highest BCUT2D eigenvalue weighted by Crippen LogP contribution is 2.43. The number of fused-ring (bicyclic) bond motifs is 1. The number of hydrogen-bond donors (Lipinski definition) is 0. The fourth-order valence-corrected chi connectivity index (χ4v) is 10.1. The van der Waals surface area contributed by atoms with Crippen LogP contribution in [0.5, 0.6) is 0 Å². The SMILES string of the molecule is CC1[C@H](OCc2ccccc2)OC(COCc2ccccc2)[C@@H](O[C@@H]2OC(COCc3ccccc3)[C@@H](O[C@@H]3OC4COC(c5ccccc5)O[C@H]4[C@H](C)C3OCc3ccccc3)[C@H](C)C2C)[C@@H]1C. The van der Waals surface area contributed by atoms with Gasteiger partial charge in [-0.3, -0.25) is 0 Å².